The van der Waals surface area contributed by atoms with Gasteiger partial charge in [0.15, 0.2) is 0 Å². The second-order valence-corrected chi connectivity index (χ2v) is 7.38. The van der Waals surface area contributed by atoms with Crippen LogP contribution in [0.2, 0.25) is 0 Å². The van der Waals surface area contributed by atoms with Crippen LogP contribution in [0.3, 0.4) is 0 Å². The predicted octanol–water partition coefficient (Wildman–Crippen LogP) is 4.79. The summed E-state index contributed by atoms with van der Waals surface area (Å²) < 4.78 is 7.92. The number of unbranched alkanes of at least 4 members (excludes halogenated alkanes) is 1. The molecule has 0 atom stereocenters. The molecule has 27 heavy (non-hydrogen) atoms. The average Bonchev–Trinajstić information content (AvgIpc) is 3.07. The smallest absolute Gasteiger partial charge is 0.263 e. The minimum Gasteiger partial charge on any atom is -0.506 e. The Morgan fingerprint density at radius 3 is 2.78 bits per heavy atom. The molecule has 0 amide bonds. The van der Waals surface area contributed by atoms with E-state index in [2.05, 4.69) is 6.92 Å². The van der Waals surface area contributed by atoms with Crippen LogP contribution >= 0.6 is 11.3 Å². The molecule has 0 unspecified atom stereocenters. The number of methoxy groups -OCH3 is 1. The molecule has 0 bridgehead atoms. The van der Waals surface area contributed by atoms with Gasteiger partial charge in [-0.3, -0.25) is 9.36 Å². The van der Waals surface area contributed by atoms with Gasteiger partial charge in [-0.15, -0.1) is 11.3 Å². The number of hydrogen-bond donors (Lipinski definition) is 1. The lowest BCUT2D eigenvalue weighted by Crippen LogP contribution is -2.23. The first kappa shape index (κ1) is 17.5. The van der Waals surface area contributed by atoms with E-state index in [1.165, 1.54) is 11.3 Å². The Bertz CT molecular complexity index is 1190. The zero-order valence-electron chi connectivity index (χ0n) is 15.2. The average molecular weight is 380 g/mol. The van der Waals surface area contributed by atoms with Crippen LogP contribution in [0.15, 0.2) is 47.3 Å². The van der Waals surface area contributed by atoms with Gasteiger partial charge in [-0.1, -0.05) is 37.6 Å². The normalized spacial score (nSPS) is 11.3. The van der Waals surface area contributed by atoms with Crippen molar-refractivity contribution in [2.24, 2.45) is 0 Å². The number of phenols is 1. The maximum atomic E-state index is 13.4. The van der Waals surface area contributed by atoms with Gasteiger partial charge in [-0.05, 0) is 24.6 Å². The van der Waals surface area contributed by atoms with Crippen molar-refractivity contribution in [1.82, 2.24) is 9.55 Å². The first-order valence-electron chi connectivity index (χ1n) is 8.94. The Kier molecular flexibility index (Phi) is 4.58. The van der Waals surface area contributed by atoms with Crippen molar-refractivity contribution in [3.8, 4) is 22.9 Å². The van der Waals surface area contributed by atoms with Crippen LogP contribution in [0.1, 0.15) is 19.8 Å². The summed E-state index contributed by atoms with van der Waals surface area (Å²) in [7, 11) is 1.61. The molecule has 138 valence electrons. The number of ether oxygens (including phenoxy) is 1. The quantitative estimate of drug-likeness (QED) is 0.540. The van der Waals surface area contributed by atoms with E-state index in [1.54, 1.807) is 23.8 Å². The van der Waals surface area contributed by atoms with Gasteiger partial charge in [0.05, 0.1) is 22.8 Å². The summed E-state index contributed by atoms with van der Waals surface area (Å²) in [6.45, 7) is 2.68. The van der Waals surface area contributed by atoms with Gasteiger partial charge in [0.25, 0.3) is 5.56 Å². The predicted molar refractivity (Wildman–Crippen MR) is 110 cm³/mol. The highest BCUT2D eigenvalue weighted by Crippen LogP contribution is 2.38. The van der Waals surface area contributed by atoms with Crippen LogP contribution in [-0.4, -0.2) is 21.8 Å². The third-order valence-electron chi connectivity index (χ3n) is 4.68. The number of nitrogens with zero attached hydrogens (tertiary/aromatic N) is 2. The number of aromatic hydroxyl groups is 1. The van der Waals surface area contributed by atoms with Gasteiger partial charge in [0, 0.05) is 11.9 Å². The molecular weight excluding hydrogens is 360 g/mol. The molecule has 0 aliphatic heterocycles. The molecule has 0 aliphatic carbocycles. The molecule has 0 spiro atoms. The molecule has 0 radical (unpaired) electrons. The summed E-state index contributed by atoms with van der Waals surface area (Å²) in [5.41, 5.74) is 0.711. The highest BCUT2D eigenvalue weighted by atomic mass is 32.1. The van der Waals surface area contributed by atoms with Gasteiger partial charge in [-0.25, -0.2) is 4.98 Å². The molecule has 2 heterocycles. The van der Waals surface area contributed by atoms with Gasteiger partial charge in [0.2, 0.25) is 0 Å². The summed E-state index contributed by atoms with van der Waals surface area (Å²) in [6, 6.07) is 12.8. The third-order valence-corrected chi connectivity index (χ3v) is 5.80. The zero-order valence-corrected chi connectivity index (χ0v) is 16.0. The summed E-state index contributed by atoms with van der Waals surface area (Å²) in [4.78, 5) is 18.9. The first-order valence-corrected chi connectivity index (χ1v) is 9.75. The van der Waals surface area contributed by atoms with Crippen molar-refractivity contribution in [3.05, 3.63) is 52.8 Å². The van der Waals surface area contributed by atoms with Crippen LogP contribution in [0.5, 0.6) is 11.5 Å². The fraction of sp³-hybridized carbons (Fsp3) is 0.238. The lowest BCUT2D eigenvalue weighted by Gasteiger charge is -2.14. The van der Waals surface area contributed by atoms with E-state index in [9.17, 15) is 9.90 Å². The van der Waals surface area contributed by atoms with Crippen molar-refractivity contribution in [2.75, 3.05) is 7.11 Å². The van der Waals surface area contributed by atoms with E-state index >= 15 is 0 Å². The van der Waals surface area contributed by atoms with Crippen LogP contribution in [-0.2, 0) is 6.54 Å². The topological polar surface area (TPSA) is 64.3 Å². The lowest BCUT2D eigenvalue weighted by molar-refractivity contribution is 0.415. The first-order chi connectivity index (χ1) is 13.2. The highest BCUT2D eigenvalue weighted by Gasteiger charge is 2.20. The molecule has 0 saturated heterocycles. The number of rotatable bonds is 5. The van der Waals surface area contributed by atoms with E-state index in [-0.39, 0.29) is 11.3 Å². The number of para-hydroxylation sites is 1. The molecule has 2 aromatic carbocycles. The Morgan fingerprint density at radius 1 is 1.19 bits per heavy atom. The molecule has 1 N–H and O–H groups in total. The molecule has 0 fully saturated rings. The number of benzene rings is 2. The summed E-state index contributed by atoms with van der Waals surface area (Å²) in [5, 5.41) is 11.5. The van der Waals surface area contributed by atoms with E-state index in [4.69, 9.17) is 9.72 Å². The maximum absolute atomic E-state index is 13.4. The lowest BCUT2D eigenvalue weighted by atomic mass is 10.1. The van der Waals surface area contributed by atoms with Crippen molar-refractivity contribution in [2.45, 2.75) is 26.3 Å². The fourth-order valence-corrected chi connectivity index (χ4v) is 4.40. The van der Waals surface area contributed by atoms with E-state index in [0.717, 1.165) is 23.8 Å². The molecule has 6 heteroatoms. The number of fused-ring (bicyclic) bond motifs is 3. The zero-order chi connectivity index (χ0) is 19.0. The second-order valence-electron chi connectivity index (χ2n) is 6.38. The second kappa shape index (κ2) is 7.04. The van der Waals surface area contributed by atoms with E-state index in [0.29, 0.717) is 33.0 Å². The van der Waals surface area contributed by atoms with Crippen molar-refractivity contribution >= 4 is 31.6 Å². The van der Waals surface area contributed by atoms with Gasteiger partial charge in [0.1, 0.15) is 22.2 Å². The highest BCUT2D eigenvalue weighted by molar-refractivity contribution is 7.25. The van der Waals surface area contributed by atoms with Crippen LogP contribution in [0, 0.1) is 0 Å². The molecule has 5 nitrogen and oxygen atoms in total. The molecule has 2 aromatic heterocycles. The molecule has 4 rings (SSSR count). The monoisotopic (exact) mass is 380 g/mol. The number of aromatic nitrogens is 2. The van der Waals surface area contributed by atoms with E-state index < -0.39 is 0 Å². The Hall–Kier alpha value is -2.86. The number of thiophene rings is 1. The van der Waals surface area contributed by atoms with Gasteiger partial charge >= 0.3 is 0 Å². The summed E-state index contributed by atoms with van der Waals surface area (Å²) in [5.74, 6) is 1.45. The van der Waals surface area contributed by atoms with E-state index in [1.807, 2.05) is 30.3 Å². The van der Waals surface area contributed by atoms with Crippen molar-refractivity contribution in [3.63, 3.8) is 0 Å². The standard InChI is InChI=1S/C21H20N2O3S/c1-3-4-12-23-19(13-8-5-6-11-16(13)26-2)22-20-17(21(23)25)14-9-7-10-15(24)18(14)27-20/h5-11,24H,3-4,12H2,1-2H3. The molecule has 0 aliphatic rings. The van der Waals surface area contributed by atoms with Crippen LogP contribution < -0.4 is 10.3 Å². The Morgan fingerprint density at radius 2 is 2.00 bits per heavy atom. The minimum atomic E-state index is -0.0776. The molecule has 0 saturated carbocycles. The third kappa shape index (κ3) is 2.86. The summed E-state index contributed by atoms with van der Waals surface area (Å²) >= 11 is 1.34. The Balaban J connectivity index is 2.10. The molecule has 4 aromatic rings. The SMILES string of the molecule is CCCCn1c(-c2ccccc2OC)nc2sc3c(O)cccc3c2c1=O. The fourth-order valence-electron chi connectivity index (χ4n) is 3.32. The largest absolute Gasteiger partial charge is 0.506 e. The van der Waals surface area contributed by atoms with Crippen LogP contribution in [0.25, 0.3) is 31.7 Å². The molecular formula is C21H20N2O3S. The maximum Gasteiger partial charge on any atom is 0.263 e. The van der Waals surface area contributed by atoms with Gasteiger partial charge < -0.3 is 9.84 Å². The van der Waals surface area contributed by atoms with Crippen molar-refractivity contribution < 1.29 is 9.84 Å². The van der Waals surface area contributed by atoms with Gasteiger partial charge in [-0.2, -0.15) is 0 Å². The van der Waals surface area contributed by atoms with Crippen molar-refractivity contribution in [1.29, 1.82) is 0 Å². The Labute approximate surface area is 160 Å². The summed E-state index contributed by atoms with van der Waals surface area (Å²) in [6.07, 6.45) is 1.85. The number of phenolic OH excluding ortho intramolecular Hbond substituents is 1. The van der Waals surface area contributed by atoms with Crippen LogP contribution in [0.4, 0.5) is 0 Å². The number of hydrogen-bond acceptors (Lipinski definition) is 5. The minimum absolute atomic E-state index is 0.0776.